The first-order valence-electron chi connectivity index (χ1n) is 8.77. The van der Waals surface area contributed by atoms with Crippen LogP contribution in [-0.2, 0) is 12.8 Å². The van der Waals surface area contributed by atoms with Crippen molar-refractivity contribution >= 4 is 38.6 Å². The first-order chi connectivity index (χ1) is 13.2. The highest BCUT2D eigenvalue weighted by Gasteiger charge is 2.09. The van der Waals surface area contributed by atoms with E-state index in [1.807, 2.05) is 48.5 Å². The molecule has 1 amide bonds. The molecule has 5 heteroatoms. The Morgan fingerprint density at radius 3 is 2.63 bits per heavy atom. The third-order valence-corrected chi connectivity index (χ3v) is 4.86. The van der Waals surface area contributed by atoms with E-state index in [-0.39, 0.29) is 5.91 Å². The number of anilines is 1. The van der Waals surface area contributed by atoms with Crippen LogP contribution in [0.2, 0.25) is 0 Å². The lowest BCUT2D eigenvalue weighted by Crippen LogP contribution is -2.11. The van der Waals surface area contributed by atoms with Gasteiger partial charge in [0, 0.05) is 22.1 Å². The Morgan fingerprint density at radius 1 is 0.963 bits per heavy atom. The van der Waals surface area contributed by atoms with Crippen molar-refractivity contribution in [2.45, 2.75) is 12.8 Å². The minimum absolute atomic E-state index is 0.139. The summed E-state index contributed by atoms with van der Waals surface area (Å²) < 4.78 is 0.877. The number of nitrogens with zero attached hydrogens (tertiary/aromatic N) is 1. The van der Waals surface area contributed by atoms with Crippen LogP contribution in [0, 0.1) is 0 Å². The fraction of sp³-hybridized carbons (Fsp3) is 0.0909. The van der Waals surface area contributed by atoms with E-state index < -0.39 is 0 Å². The number of aromatic amines is 1. The van der Waals surface area contributed by atoms with Crippen LogP contribution in [0.3, 0.4) is 0 Å². The smallest absolute Gasteiger partial charge is 0.255 e. The molecule has 27 heavy (non-hydrogen) atoms. The van der Waals surface area contributed by atoms with E-state index in [9.17, 15) is 4.79 Å². The van der Waals surface area contributed by atoms with Gasteiger partial charge >= 0.3 is 0 Å². The van der Waals surface area contributed by atoms with Crippen molar-refractivity contribution in [1.29, 1.82) is 0 Å². The molecule has 1 heterocycles. The van der Waals surface area contributed by atoms with Crippen molar-refractivity contribution < 1.29 is 4.79 Å². The summed E-state index contributed by atoms with van der Waals surface area (Å²) in [4.78, 5) is 20.4. The van der Waals surface area contributed by atoms with Gasteiger partial charge in [-0.1, -0.05) is 52.3 Å². The number of imidazole rings is 1. The van der Waals surface area contributed by atoms with Crippen LogP contribution in [0.1, 0.15) is 21.7 Å². The number of amides is 1. The first kappa shape index (κ1) is 17.5. The molecule has 0 saturated carbocycles. The number of carbonyl (C=O) groups is 1. The minimum Gasteiger partial charge on any atom is -0.342 e. The summed E-state index contributed by atoms with van der Waals surface area (Å²) in [6, 6.07) is 23.4. The molecule has 0 unspecified atom stereocenters. The molecule has 134 valence electrons. The highest BCUT2D eigenvalue weighted by Crippen LogP contribution is 2.19. The second-order valence-corrected chi connectivity index (χ2v) is 7.28. The molecule has 1 aromatic heterocycles. The van der Waals surface area contributed by atoms with Gasteiger partial charge in [-0.2, -0.15) is 0 Å². The van der Waals surface area contributed by atoms with Crippen LogP contribution in [-0.4, -0.2) is 15.9 Å². The molecular formula is C22H18BrN3O. The third kappa shape index (κ3) is 4.26. The van der Waals surface area contributed by atoms with Gasteiger partial charge in [-0.05, 0) is 48.4 Å². The summed E-state index contributed by atoms with van der Waals surface area (Å²) in [7, 11) is 0. The zero-order valence-corrected chi connectivity index (χ0v) is 16.2. The van der Waals surface area contributed by atoms with Crippen LogP contribution in [0.25, 0.3) is 11.0 Å². The number of hydrogen-bond donors (Lipinski definition) is 2. The van der Waals surface area contributed by atoms with Gasteiger partial charge in [0.1, 0.15) is 5.82 Å². The van der Waals surface area contributed by atoms with Gasteiger partial charge < -0.3 is 10.3 Å². The Balaban J connectivity index is 1.48. The van der Waals surface area contributed by atoms with Crippen molar-refractivity contribution in [2.75, 3.05) is 5.32 Å². The van der Waals surface area contributed by atoms with Gasteiger partial charge in [0.2, 0.25) is 0 Å². The molecule has 3 aromatic carbocycles. The number of nitrogens with one attached hydrogen (secondary N) is 2. The quantitative estimate of drug-likeness (QED) is 0.457. The number of fused-ring (bicyclic) bond motifs is 1. The maximum Gasteiger partial charge on any atom is 0.255 e. The van der Waals surface area contributed by atoms with Gasteiger partial charge in [0.25, 0.3) is 5.91 Å². The number of H-pyrrole nitrogens is 1. The van der Waals surface area contributed by atoms with Crippen molar-refractivity contribution in [1.82, 2.24) is 9.97 Å². The predicted octanol–water partition coefficient (Wildman–Crippen LogP) is 5.36. The Morgan fingerprint density at radius 2 is 1.81 bits per heavy atom. The van der Waals surface area contributed by atoms with E-state index in [1.165, 1.54) is 5.56 Å². The van der Waals surface area contributed by atoms with E-state index in [0.717, 1.165) is 39.9 Å². The average molecular weight is 420 g/mol. The average Bonchev–Trinajstić information content (AvgIpc) is 3.09. The Labute approximate surface area is 165 Å². The fourth-order valence-electron chi connectivity index (χ4n) is 3.00. The normalized spacial score (nSPS) is 10.9. The highest BCUT2D eigenvalue weighted by atomic mass is 79.9. The minimum atomic E-state index is -0.139. The molecular weight excluding hydrogens is 402 g/mol. The van der Waals surface area contributed by atoms with Gasteiger partial charge in [-0.25, -0.2) is 4.98 Å². The second-order valence-electron chi connectivity index (χ2n) is 6.37. The molecule has 0 spiro atoms. The maximum absolute atomic E-state index is 12.4. The molecule has 0 radical (unpaired) electrons. The standard InChI is InChI=1S/C22H18BrN3O/c23-17-8-4-7-16(13-17)22(27)24-18-10-11-19-20(14-18)26-21(25-19)12-9-15-5-2-1-3-6-15/h1-8,10-11,13-14H,9,12H2,(H,24,27)(H,25,26). The summed E-state index contributed by atoms with van der Waals surface area (Å²) in [5.41, 5.74) is 4.46. The van der Waals surface area contributed by atoms with Crippen LogP contribution < -0.4 is 5.32 Å². The van der Waals surface area contributed by atoms with Crippen LogP contribution in [0.4, 0.5) is 5.69 Å². The van der Waals surface area contributed by atoms with Crippen molar-refractivity contribution in [3.05, 3.63) is 94.2 Å². The van der Waals surface area contributed by atoms with E-state index in [0.29, 0.717) is 5.56 Å². The largest absolute Gasteiger partial charge is 0.342 e. The second kappa shape index (κ2) is 7.76. The summed E-state index contributed by atoms with van der Waals surface area (Å²) in [6.07, 6.45) is 1.78. The van der Waals surface area contributed by atoms with Gasteiger partial charge in [0.15, 0.2) is 0 Å². The number of carbonyl (C=O) groups excluding carboxylic acids is 1. The molecule has 0 aliphatic carbocycles. The summed E-state index contributed by atoms with van der Waals surface area (Å²) in [5.74, 6) is 0.809. The predicted molar refractivity (Wildman–Crippen MR) is 112 cm³/mol. The van der Waals surface area contributed by atoms with Crippen LogP contribution >= 0.6 is 15.9 Å². The monoisotopic (exact) mass is 419 g/mol. The summed E-state index contributed by atoms with van der Waals surface area (Å²) >= 11 is 3.39. The number of benzene rings is 3. The lowest BCUT2D eigenvalue weighted by molar-refractivity contribution is 0.102. The molecule has 4 rings (SSSR count). The number of rotatable bonds is 5. The zero-order chi connectivity index (χ0) is 18.6. The van der Waals surface area contributed by atoms with E-state index in [1.54, 1.807) is 12.1 Å². The first-order valence-corrected chi connectivity index (χ1v) is 9.56. The molecule has 4 aromatic rings. The summed E-state index contributed by atoms with van der Waals surface area (Å²) in [5, 5.41) is 2.94. The van der Waals surface area contributed by atoms with Crippen LogP contribution in [0.5, 0.6) is 0 Å². The molecule has 2 N–H and O–H groups in total. The number of aryl methyl sites for hydroxylation is 2. The SMILES string of the molecule is O=C(Nc1ccc2nc(CCc3ccccc3)[nH]c2c1)c1cccc(Br)c1. The highest BCUT2D eigenvalue weighted by molar-refractivity contribution is 9.10. The molecule has 0 bridgehead atoms. The number of halogens is 1. The zero-order valence-electron chi connectivity index (χ0n) is 14.6. The van der Waals surface area contributed by atoms with Crippen molar-refractivity contribution in [2.24, 2.45) is 0 Å². The maximum atomic E-state index is 12.4. The van der Waals surface area contributed by atoms with Gasteiger partial charge in [0.05, 0.1) is 11.0 Å². The number of hydrogen-bond acceptors (Lipinski definition) is 2. The van der Waals surface area contributed by atoms with Crippen molar-refractivity contribution in [3.63, 3.8) is 0 Å². The molecule has 4 nitrogen and oxygen atoms in total. The lowest BCUT2D eigenvalue weighted by atomic mass is 10.1. The summed E-state index contributed by atoms with van der Waals surface area (Å²) in [6.45, 7) is 0. The fourth-order valence-corrected chi connectivity index (χ4v) is 3.40. The molecule has 0 saturated heterocycles. The molecule has 0 aliphatic rings. The van der Waals surface area contributed by atoms with Gasteiger partial charge in [-0.15, -0.1) is 0 Å². The molecule has 0 atom stereocenters. The lowest BCUT2D eigenvalue weighted by Gasteiger charge is -2.05. The third-order valence-electron chi connectivity index (χ3n) is 4.37. The topological polar surface area (TPSA) is 57.8 Å². The Kier molecular flexibility index (Phi) is 5.03. The van der Waals surface area contributed by atoms with E-state index >= 15 is 0 Å². The van der Waals surface area contributed by atoms with Crippen LogP contribution in [0.15, 0.2) is 77.3 Å². The molecule has 0 aliphatic heterocycles. The van der Waals surface area contributed by atoms with Gasteiger partial charge in [-0.3, -0.25) is 4.79 Å². The Hall–Kier alpha value is -2.92. The van der Waals surface area contributed by atoms with E-state index in [4.69, 9.17) is 0 Å². The van der Waals surface area contributed by atoms with E-state index in [2.05, 4.69) is 43.3 Å². The number of aromatic nitrogens is 2. The van der Waals surface area contributed by atoms with Crippen molar-refractivity contribution in [3.8, 4) is 0 Å². The molecule has 0 fully saturated rings. The Bertz CT molecular complexity index is 1090.